The van der Waals surface area contributed by atoms with Crippen LogP contribution in [-0.4, -0.2) is 41.2 Å². The van der Waals surface area contributed by atoms with Gasteiger partial charge in [0.15, 0.2) is 0 Å². The van der Waals surface area contributed by atoms with Crippen molar-refractivity contribution in [3.63, 3.8) is 0 Å². The monoisotopic (exact) mass is 265 g/mol. The zero-order valence-corrected chi connectivity index (χ0v) is 12.0. The molecule has 19 heavy (non-hydrogen) atoms. The van der Waals surface area contributed by atoms with Gasteiger partial charge in [-0.25, -0.2) is 0 Å². The van der Waals surface area contributed by atoms with Crippen LogP contribution in [0.15, 0.2) is 0 Å². The van der Waals surface area contributed by atoms with Gasteiger partial charge in [-0.1, -0.05) is 0 Å². The number of hydrogen-bond donors (Lipinski definition) is 1. The van der Waals surface area contributed by atoms with E-state index >= 15 is 0 Å². The van der Waals surface area contributed by atoms with Crippen LogP contribution in [0.2, 0.25) is 0 Å². The zero-order valence-electron chi connectivity index (χ0n) is 12.0. The molecule has 0 amide bonds. The summed E-state index contributed by atoms with van der Waals surface area (Å²) in [6.45, 7) is 5.91. The van der Waals surface area contributed by atoms with E-state index in [2.05, 4.69) is 39.0 Å². The lowest BCUT2D eigenvalue weighted by Gasteiger charge is -2.20. The maximum absolute atomic E-state index is 5.87. The first-order valence-electron chi connectivity index (χ1n) is 7.12. The molecule has 6 nitrogen and oxygen atoms in total. The highest BCUT2D eigenvalue weighted by Gasteiger charge is 2.19. The van der Waals surface area contributed by atoms with Gasteiger partial charge in [0.1, 0.15) is 6.10 Å². The fourth-order valence-electron chi connectivity index (χ4n) is 2.31. The van der Waals surface area contributed by atoms with Crippen molar-refractivity contribution in [2.45, 2.75) is 45.6 Å². The molecule has 0 aliphatic heterocycles. The van der Waals surface area contributed by atoms with Gasteiger partial charge in [0.05, 0.1) is 0 Å². The third-order valence-corrected chi connectivity index (χ3v) is 3.45. The average Bonchev–Trinajstić information content (AvgIpc) is 2.93. The predicted octanol–water partition coefficient (Wildman–Crippen LogP) is 2.08. The molecule has 1 aliphatic carbocycles. The molecular formula is C13H23N5O. The highest BCUT2D eigenvalue weighted by molar-refractivity contribution is 5.37. The minimum atomic E-state index is 0.261. The van der Waals surface area contributed by atoms with Crippen LogP contribution >= 0.6 is 0 Å². The van der Waals surface area contributed by atoms with Crippen molar-refractivity contribution >= 4 is 11.9 Å². The second-order valence-electron chi connectivity index (χ2n) is 4.69. The average molecular weight is 265 g/mol. The number of anilines is 2. The van der Waals surface area contributed by atoms with E-state index in [4.69, 9.17) is 4.74 Å². The Morgan fingerprint density at radius 1 is 1.16 bits per heavy atom. The molecule has 1 aromatic heterocycles. The largest absolute Gasteiger partial charge is 0.460 e. The van der Waals surface area contributed by atoms with Crippen LogP contribution in [0.25, 0.3) is 0 Å². The number of aromatic nitrogens is 3. The minimum Gasteiger partial charge on any atom is -0.460 e. The lowest BCUT2D eigenvalue weighted by molar-refractivity contribution is 0.192. The molecule has 1 aliphatic rings. The van der Waals surface area contributed by atoms with Gasteiger partial charge in [0.25, 0.3) is 0 Å². The zero-order chi connectivity index (χ0) is 13.7. The van der Waals surface area contributed by atoms with Gasteiger partial charge in [0, 0.05) is 20.1 Å². The van der Waals surface area contributed by atoms with Crippen LogP contribution in [0.3, 0.4) is 0 Å². The van der Waals surface area contributed by atoms with Gasteiger partial charge in [0.2, 0.25) is 11.9 Å². The van der Waals surface area contributed by atoms with Crippen molar-refractivity contribution in [3.8, 4) is 6.01 Å². The quantitative estimate of drug-likeness (QED) is 0.849. The number of nitrogens with one attached hydrogen (secondary N) is 1. The smallest absolute Gasteiger partial charge is 0.323 e. The molecule has 6 heteroatoms. The minimum absolute atomic E-state index is 0.261. The number of ether oxygens (including phenoxy) is 1. The van der Waals surface area contributed by atoms with E-state index in [9.17, 15) is 0 Å². The summed E-state index contributed by atoms with van der Waals surface area (Å²) in [5, 5.41) is 2.97. The first-order chi connectivity index (χ1) is 9.26. The van der Waals surface area contributed by atoms with Crippen LogP contribution in [0.4, 0.5) is 11.9 Å². The van der Waals surface area contributed by atoms with E-state index in [-0.39, 0.29) is 6.10 Å². The molecule has 1 saturated carbocycles. The Bertz CT molecular complexity index is 402. The van der Waals surface area contributed by atoms with Gasteiger partial charge in [-0.3, -0.25) is 0 Å². The maximum atomic E-state index is 5.87. The second kappa shape index (κ2) is 6.54. The van der Waals surface area contributed by atoms with Crippen molar-refractivity contribution in [1.82, 2.24) is 15.0 Å². The van der Waals surface area contributed by atoms with Gasteiger partial charge >= 0.3 is 6.01 Å². The normalized spacial score (nSPS) is 15.5. The van der Waals surface area contributed by atoms with Crippen LogP contribution < -0.4 is 15.0 Å². The number of rotatable bonds is 6. The standard InChI is InChI=1S/C13H23N5O/c1-4-18(5-2)12-15-11(14-3)16-13(17-12)19-10-8-6-7-9-10/h10H,4-9H2,1-3H3,(H,14,15,16,17). The second-order valence-corrected chi connectivity index (χ2v) is 4.69. The Morgan fingerprint density at radius 3 is 2.42 bits per heavy atom. The Hall–Kier alpha value is -1.59. The summed E-state index contributed by atoms with van der Waals surface area (Å²) in [6.07, 6.45) is 4.92. The van der Waals surface area contributed by atoms with Crippen LogP contribution in [-0.2, 0) is 0 Å². The van der Waals surface area contributed by atoms with Crippen molar-refractivity contribution in [2.75, 3.05) is 30.4 Å². The summed E-state index contributed by atoms with van der Waals surface area (Å²) >= 11 is 0. The van der Waals surface area contributed by atoms with E-state index in [1.54, 1.807) is 7.05 Å². The van der Waals surface area contributed by atoms with E-state index in [1.165, 1.54) is 12.8 Å². The first-order valence-corrected chi connectivity index (χ1v) is 7.12. The highest BCUT2D eigenvalue weighted by Crippen LogP contribution is 2.23. The van der Waals surface area contributed by atoms with Gasteiger partial charge in [-0.2, -0.15) is 15.0 Å². The molecule has 1 N–H and O–H groups in total. The molecule has 0 saturated heterocycles. The van der Waals surface area contributed by atoms with Gasteiger partial charge in [-0.15, -0.1) is 0 Å². The van der Waals surface area contributed by atoms with E-state index in [0.717, 1.165) is 25.9 Å². The molecule has 106 valence electrons. The Balaban J connectivity index is 2.19. The van der Waals surface area contributed by atoms with Gasteiger partial charge < -0.3 is 15.0 Å². The summed E-state index contributed by atoms with van der Waals surface area (Å²) < 4.78 is 5.87. The van der Waals surface area contributed by atoms with E-state index < -0.39 is 0 Å². The Kier molecular flexibility index (Phi) is 4.76. The Morgan fingerprint density at radius 2 is 1.84 bits per heavy atom. The van der Waals surface area contributed by atoms with Crippen LogP contribution in [0, 0.1) is 0 Å². The number of nitrogens with zero attached hydrogens (tertiary/aromatic N) is 4. The third-order valence-electron chi connectivity index (χ3n) is 3.45. The molecule has 0 radical (unpaired) electrons. The molecule has 0 aromatic carbocycles. The molecule has 0 atom stereocenters. The molecular weight excluding hydrogens is 242 g/mol. The molecule has 2 rings (SSSR count). The SMILES string of the molecule is CCN(CC)c1nc(NC)nc(OC2CCCC2)n1. The van der Waals surface area contributed by atoms with Crippen LogP contribution in [0.1, 0.15) is 39.5 Å². The molecule has 0 spiro atoms. The maximum Gasteiger partial charge on any atom is 0.323 e. The number of hydrogen-bond acceptors (Lipinski definition) is 6. The summed E-state index contributed by atoms with van der Waals surface area (Å²) in [7, 11) is 1.81. The lowest BCUT2D eigenvalue weighted by atomic mass is 10.3. The fraction of sp³-hybridized carbons (Fsp3) is 0.769. The summed E-state index contributed by atoms with van der Waals surface area (Å²) in [5.41, 5.74) is 0. The molecule has 1 fully saturated rings. The summed E-state index contributed by atoms with van der Waals surface area (Å²) in [5.74, 6) is 1.24. The van der Waals surface area contributed by atoms with Crippen LogP contribution in [0.5, 0.6) is 6.01 Å². The topological polar surface area (TPSA) is 63.2 Å². The lowest BCUT2D eigenvalue weighted by Crippen LogP contribution is -2.25. The fourth-order valence-corrected chi connectivity index (χ4v) is 2.31. The summed E-state index contributed by atoms with van der Waals surface area (Å²) in [4.78, 5) is 15.2. The molecule has 1 heterocycles. The highest BCUT2D eigenvalue weighted by atomic mass is 16.5. The molecule has 1 aromatic rings. The van der Waals surface area contributed by atoms with Gasteiger partial charge in [-0.05, 0) is 39.5 Å². The summed E-state index contributed by atoms with van der Waals surface area (Å²) in [6, 6.07) is 0.438. The molecule has 0 bridgehead atoms. The van der Waals surface area contributed by atoms with Crippen molar-refractivity contribution < 1.29 is 4.74 Å². The van der Waals surface area contributed by atoms with E-state index in [0.29, 0.717) is 17.9 Å². The molecule has 0 unspecified atom stereocenters. The van der Waals surface area contributed by atoms with Crippen molar-refractivity contribution in [2.24, 2.45) is 0 Å². The van der Waals surface area contributed by atoms with Crippen molar-refractivity contribution in [3.05, 3.63) is 0 Å². The third kappa shape index (κ3) is 3.45. The predicted molar refractivity (Wildman–Crippen MR) is 75.8 cm³/mol. The Labute approximate surface area is 114 Å². The first kappa shape index (κ1) is 13.8. The van der Waals surface area contributed by atoms with E-state index in [1.807, 2.05) is 0 Å². The van der Waals surface area contributed by atoms with Crippen molar-refractivity contribution in [1.29, 1.82) is 0 Å².